The average Bonchev–Trinajstić information content (AvgIpc) is 2.54. The van der Waals surface area contributed by atoms with E-state index in [0.717, 1.165) is 32.4 Å². The molecule has 3 nitrogen and oxygen atoms in total. The van der Waals surface area contributed by atoms with Crippen LogP contribution in [-0.4, -0.2) is 25.0 Å². The third-order valence-corrected chi connectivity index (χ3v) is 5.07. The summed E-state index contributed by atoms with van der Waals surface area (Å²) in [5.41, 5.74) is 3.73. The lowest BCUT2D eigenvalue weighted by atomic mass is 9.89. The van der Waals surface area contributed by atoms with E-state index in [1.807, 2.05) is 4.90 Å². The van der Waals surface area contributed by atoms with Crippen LogP contribution in [0.3, 0.4) is 0 Å². The number of para-hydroxylation sites is 1. The molecular formula is C18H26N2O. The van der Waals surface area contributed by atoms with E-state index in [9.17, 15) is 4.79 Å². The molecule has 2 aliphatic heterocycles. The number of piperidine rings is 1. The zero-order chi connectivity index (χ0) is 14.8. The fourth-order valence-electron chi connectivity index (χ4n) is 3.81. The van der Waals surface area contributed by atoms with Crippen molar-refractivity contribution in [3.05, 3.63) is 29.3 Å². The van der Waals surface area contributed by atoms with Crippen LogP contribution in [0.25, 0.3) is 0 Å². The van der Waals surface area contributed by atoms with Gasteiger partial charge in [0.1, 0.15) is 0 Å². The van der Waals surface area contributed by atoms with E-state index in [4.69, 9.17) is 0 Å². The molecular weight excluding hydrogens is 260 g/mol. The topological polar surface area (TPSA) is 32.3 Å². The molecule has 3 heteroatoms. The molecule has 3 rings (SSSR count). The van der Waals surface area contributed by atoms with Crippen LogP contribution in [0.5, 0.6) is 0 Å². The Kier molecular flexibility index (Phi) is 4.29. The molecule has 1 N–H and O–H groups in total. The Morgan fingerprint density at radius 3 is 3.10 bits per heavy atom. The van der Waals surface area contributed by atoms with Gasteiger partial charge in [0.15, 0.2) is 0 Å². The Bertz CT molecular complexity index is 526. The molecule has 0 saturated carbocycles. The van der Waals surface area contributed by atoms with E-state index in [-0.39, 0.29) is 11.9 Å². The Balaban J connectivity index is 1.83. The van der Waals surface area contributed by atoms with Crippen molar-refractivity contribution in [1.29, 1.82) is 0 Å². The lowest BCUT2D eigenvalue weighted by Crippen LogP contribution is -2.51. The number of amides is 1. The van der Waals surface area contributed by atoms with Crippen molar-refractivity contribution in [3.8, 4) is 0 Å². The number of nitrogens with one attached hydrogen (secondary N) is 1. The van der Waals surface area contributed by atoms with Crippen molar-refractivity contribution < 1.29 is 4.79 Å². The minimum atomic E-state index is 0.00857. The first kappa shape index (κ1) is 14.6. The molecule has 1 aromatic carbocycles. The minimum Gasteiger partial charge on any atom is -0.311 e. The maximum Gasteiger partial charge on any atom is 0.244 e. The highest BCUT2D eigenvalue weighted by Crippen LogP contribution is 2.32. The predicted octanol–water partition coefficient (Wildman–Crippen LogP) is 3.05. The molecule has 0 radical (unpaired) electrons. The Labute approximate surface area is 127 Å². The SMILES string of the molecule is CCC1CCNC(C(=O)N2CCCc3cccc(C)c32)C1. The van der Waals surface area contributed by atoms with Gasteiger partial charge in [0.25, 0.3) is 0 Å². The molecule has 0 aliphatic carbocycles. The van der Waals surface area contributed by atoms with Crippen molar-refractivity contribution in [2.24, 2.45) is 5.92 Å². The van der Waals surface area contributed by atoms with E-state index >= 15 is 0 Å². The Hall–Kier alpha value is -1.35. The van der Waals surface area contributed by atoms with Crippen LogP contribution in [0.15, 0.2) is 18.2 Å². The third kappa shape index (κ3) is 2.84. The standard InChI is InChI=1S/C18H26N2O/c1-3-14-9-10-19-16(12-14)18(21)20-11-5-8-15-7-4-6-13(2)17(15)20/h4,6-7,14,16,19H,3,5,8-12H2,1-2H3. The maximum absolute atomic E-state index is 13.0. The van der Waals surface area contributed by atoms with Crippen molar-refractivity contribution >= 4 is 11.6 Å². The van der Waals surface area contributed by atoms with Gasteiger partial charge < -0.3 is 10.2 Å². The molecule has 114 valence electrons. The summed E-state index contributed by atoms with van der Waals surface area (Å²) in [4.78, 5) is 15.0. The van der Waals surface area contributed by atoms with Crippen LogP contribution >= 0.6 is 0 Å². The monoisotopic (exact) mass is 286 g/mol. The second-order valence-corrected chi connectivity index (χ2v) is 6.48. The van der Waals surface area contributed by atoms with Crippen LogP contribution in [0, 0.1) is 12.8 Å². The lowest BCUT2D eigenvalue weighted by Gasteiger charge is -2.36. The lowest BCUT2D eigenvalue weighted by molar-refractivity contribution is -0.121. The molecule has 0 spiro atoms. The summed E-state index contributed by atoms with van der Waals surface area (Å²) in [7, 11) is 0. The van der Waals surface area contributed by atoms with Gasteiger partial charge in [-0.15, -0.1) is 0 Å². The summed E-state index contributed by atoms with van der Waals surface area (Å²) < 4.78 is 0. The molecule has 2 heterocycles. The van der Waals surface area contributed by atoms with Crippen LogP contribution in [0.2, 0.25) is 0 Å². The van der Waals surface area contributed by atoms with Crippen molar-refractivity contribution in [2.45, 2.75) is 52.0 Å². The van der Waals surface area contributed by atoms with Gasteiger partial charge in [0.05, 0.1) is 6.04 Å². The summed E-state index contributed by atoms with van der Waals surface area (Å²) in [5, 5.41) is 3.44. The van der Waals surface area contributed by atoms with Gasteiger partial charge in [0.2, 0.25) is 5.91 Å². The van der Waals surface area contributed by atoms with Crippen LogP contribution in [-0.2, 0) is 11.2 Å². The molecule has 1 aromatic rings. The van der Waals surface area contributed by atoms with Gasteiger partial charge in [-0.25, -0.2) is 0 Å². The van der Waals surface area contributed by atoms with Crippen molar-refractivity contribution in [2.75, 3.05) is 18.0 Å². The number of aryl methyl sites for hydroxylation is 2. The predicted molar refractivity (Wildman–Crippen MR) is 86.7 cm³/mol. The number of fused-ring (bicyclic) bond motifs is 1. The maximum atomic E-state index is 13.0. The summed E-state index contributed by atoms with van der Waals surface area (Å²) in [6, 6.07) is 6.40. The fraction of sp³-hybridized carbons (Fsp3) is 0.611. The van der Waals surface area contributed by atoms with Gasteiger partial charge >= 0.3 is 0 Å². The molecule has 1 saturated heterocycles. The second kappa shape index (κ2) is 6.18. The van der Waals surface area contributed by atoms with Gasteiger partial charge in [-0.2, -0.15) is 0 Å². The average molecular weight is 286 g/mol. The first-order valence-electron chi connectivity index (χ1n) is 8.34. The van der Waals surface area contributed by atoms with Crippen molar-refractivity contribution in [3.63, 3.8) is 0 Å². The molecule has 21 heavy (non-hydrogen) atoms. The number of hydrogen-bond donors (Lipinski definition) is 1. The summed E-state index contributed by atoms with van der Waals surface area (Å²) in [6.45, 7) is 6.19. The molecule has 0 bridgehead atoms. The van der Waals surface area contributed by atoms with Crippen LogP contribution < -0.4 is 10.2 Å². The molecule has 2 aliphatic rings. The summed E-state index contributed by atoms with van der Waals surface area (Å²) in [6.07, 6.45) is 5.55. The second-order valence-electron chi connectivity index (χ2n) is 6.48. The zero-order valence-corrected chi connectivity index (χ0v) is 13.2. The third-order valence-electron chi connectivity index (χ3n) is 5.07. The highest BCUT2D eigenvalue weighted by Gasteiger charge is 2.32. The minimum absolute atomic E-state index is 0.00857. The first-order valence-corrected chi connectivity index (χ1v) is 8.34. The van der Waals surface area contributed by atoms with Gasteiger partial charge in [-0.1, -0.05) is 31.5 Å². The van der Waals surface area contributed by atoms with Gasteiger partial charge in [-0.3, -0.25) is 4.79 Å². The highest BCUT2D eigenvalue weighted by atomic mass is 16.2. The Morgan fingerprint density at radius 1 is 1.43 bits per heavy atom. The van der Waals surface area contributed by atoms with E-state index in [2.05, 4.69) is 37.4 Å². The van der Waals surface area contributed by atoms with Gasteiger partial charge in [-0.05, 0) is 56.2 Å². The number of anilines is 1. The van der Waals surface area contributed by atoms with E-state index in [1.54, 1.807) is 0 Å². The van der Waals surface area contributed by atoms with Crippen molar-refractivity contribution in [1.82, 2.24) is 5.32 Å². The number of carbonyl (C=O) groups excluding carboxylic acids is 1. The normalized spacial score (nSPS) is 25.5. The van der Waals surface area contributed by atoms with Gasteiger partial charge in [0, 0.05) is 12.2 Å². The van der Waals surface area contributed by atoms with Crippen LogP contribution in [0.1, 0.15) is 43.7 Å². The molecule has 1 fully saturated rings. The van der Waals surface area contributed by atoms with Crippen LogP contribution in [0.4, 0.5) is 5.69 Å². The molecule has 1 amide bonds. The smallest absolute Gasteiger partial charge is 0.244 e. The number of benzene rings is 1. The summed E-state index contributed by atoms with van der Waals surface area (Å²) in [5.74, 6) is 0.977. The first-order chi connectivity index (χ1) is 10.2. The van der Waals surface area contributed by atoms with E-state index in [0.29, 0.717) is 5.92 Å². The number of rotatable bonds is 2. The fourth-order valence-corrected chi connectivity index (χ4v) is 3.81. The quantitative estimate of drug-likeness (QED) is 0.906. The number of hydrogen-bond acceptors (Lipinski definition) is 2. The molecule has 0 aromatic heterocycles. The molecule has 2 unspecified atom stereocenters. The van der Waals surface area contributed by atoms with E-state index < -0.39 is 0 Å². The van der Waals surface area contributed by atoms with E-state index in [1.165, 1.54) is 29.7 Å². The zero-order valence-electron chi connectivity index (χ0n) is 13.2. The highest BCUT2D eigenvalue weighted by molar-refractivity contribution is 5.99. The largest absolute Gasteiger partial charge is 0.311 e. The molecule has 2 atom stereocenters. The number of carbonyl (C=O) groups is 1. The summed E-state index contributed by atoms with van der Waals surface area (Å²) >= 11 is 0. The number of nitrogens with zero attached hydrogens (tertiary/aromatic N) is 1. The Morgan fingerprint density at radius 2 is 2.29 bits per heavy atom.